The van der Waals surface area contributed by atoms with Gasteiger partial charge in [-0.3, -0.25) is 0 Å². The molecule has 0 amide bonds. The molecule has 0 atom stereocenters. The van der Waals surface area contributed by atoms with Gasteiger partial charge in [0.25, 0.3) is 0 Å². The summed E-state index contributed by atoms with van der Waals surface area (Å²) in [6.07, 6.45) is 16.3. The second kappa shape index (κ2) is 14.0. The fourth-order valence-electron chi connectivity index (χ4n) is 3.60. The lowest BCUT2D eigenvalue weighted by Gasteiger charge is -2.12. The number of carboxylic acid groups (broad SMARTS) is 1. The number of carboxylic acids is 1. The van der Waals surface area contributed by atoms with Crippen molar-refractivity contribution in [2.24, 2.45) is 5.18 Å². The average Bonchev–Trinajstić information content (AvgIpc) is 2.67. The van der Waals surface area contributed by atoms with Crippen LogP contribution in [0, 0.1) is 4.91 Å². The van der Waals surface area contributed by atoms with Crippen LogP contribution in [0.25, 0.3) is 0 Å². The van der Waals surface area contributed by atoms with Crippen LogP contribution in [0.2, 0.25) is 0 Å². The molecule has 0 unspecified atom stereocenters. The summed E-state index contributed by atoms with van der Waals surface area (Å²) in [5.41, 5.74) is 5.41. The van der Waals surface area contributed by atoms with Crippen LogP contribution in [0.3, 0.4) is 0 Å². The predicted molar refractivity (Wildman–Crippen MR) is 114 cm³/mol. The first-order valence-corrected chi connectivity index (χ1v) is 10.7. The molecule has 1 rings (SSSR count). The molecule has 0 aliphatic heterocycles. The van der Waals surface area contributed by atoms with E-state index in [9.17, 15) is 19.9 Å². The molecule has 1 aromatic rings. The Labute approximate surface area is 168 Å². The molecule has 4 N–H and O–H groups in total. The van der Waals surface area contributed by atoms with Gasteiger partial charge in [0.1, 0.15) is 11.3 Å². The first kappa shape index (κ1) is 23.9. The molecule has 0 saturated carbocycles. The van der Waals surface area contributed by atoms with E-state index in [4.69, 9.17) is 5.73 Å². The van der Waals surface area contributed by atoms with E-state index in [1.54, 1.807) is 0 Å². The number of nitrogens with two attached hydrogens (primary N) is 1. The Morgan fingerprint density at radius 1 is 0.929 bits per heavy atom. The number of hydrogen-bond acceptors (Lipinski definition) is 5. The third kappa shape index (κ3) is 8.28. The zero-order valence-electron chi connectivity index (χ0n) is 17.2. The number of aromatic hydroxyl groups is 1. The predicted octanol–water partition coefficient (Wildman–Crippen LogP) is 6.70. The standard InChI is InChI=1S/C22H36N2O4/c1-2-3-4-5-6-7-8-9-10-11-12-13-14-15-17-19(24-28)16-18(23)21(25)20(17)22(26)27/h16,25H,2-15,23H2,1H3,(H,26,27). The second-order valence-electron chi connectivity index (χ2n) is 7.58. The molecule has 0 radical (unpaired) electrons. The van der Waals surface area contributed by atoms with E-state index in [2.05, 4.69) is 12.1 Å². The Kier molecular flexibility index (Phi) is 11.9. The number of anilines is 1. The SMILES string of the molecule is CCCCCCCCCCCCCCCc1c(N=O)cc(N)c(O)c1C(=O)O. The topological polar surface area (TPSA) is 113 Å². The Morgan fingerprint density at radius 3 is 1.82 bits per heavy atom. The quantitative estimate of drug-likeness (QED) is 0.125. The third-order valence-corrected chi connectivity index (χ3v) is 5.26. The van der Waals surface area contributed by atoms with Gasteiger partial charge in [0, 0.05) is 0 Å². The molecule has 0 aliphatic rings. The molecule has 0 aromatic heterocycles. The number of aromatic carboxylic acids is 1. The van der Waals surface area contributed by atoms with E-state index in [1.165, 1.54) is 70.3 Å². The molecule has 6 nitrogen and oxygen atoms in total. The van der Waals surface area contributed by atoms with Gasteiger partial charge >= 0.3 is 5.97 Å². The van der Waals surface area contributed by atoms with E-state index in [-0.39, 0.29) is 22.5 Å². The number of hydrogen-bond donors (Lipinski definition) is 3. The minimum Gasteiger partial charge on any atom is -0.505 e. The molecule has 0 saturated heterocycles. The molecule has 0 bridgehead atoms. The number of phenols is 1. The molecule has 1 aromatic carbocycles. The highest BCUT2D eigenvalue weighted by atomic mass is 16.4. The summed E-state index contributed by atoms with van der Waals surface area (Å²) in [4.78, 5) is 22.5. The highest BCUT2D eigenvalue weighted by Crippen LogP contribution is 2.36. The van der Waals surface area contributed by atoms with Crippen LogP contribution < -0.4 is 5.73 Å². The van der Waals surface area contributed by atoms with Crippen LogP contribution in [0.1, 0.15) is 106 Å². The van der Waals surface area contributed by atoms with E-state index in [1.807, 2.05) is 0 Å². The largest absolute Gasteiger partial charge is 0.505 e. The fourth-order valence-corrected chi connectivity index (χ4v) is 3.60. The lowest BCUT2D eigenvalue weighted by molar-refractivity contribution is 0.0692. The zero-order valence-corrected chi connectivity index (χ0v) is 17.2. The molecule has 0 aliphatic carbocycles. The van der Waals surface area contributed by atoms with Gasteiger partial charge in [0.05, 0.1) is 5.69 Å². The smallest absolute Gasteiger partial charge is 0.339 e. The second-order valence-corrected chi connectivity index (χ2v) is 7.58. The maximum absolute atomic E-state index is 11.4. The van der Waals surface area contributed by atoms with Crippen molar-refractivity contribution in [1.29, 1.82) is 0 Å². The van der Waals surface area contributed by atoms with Gasteiger partial charge in [-0.15, -0.1) is 4.91 Å². The first-order valence-electron chi connectivity index (χ1n) is 10.7. The van der Waals surface area contributed by atoms with Gasteiger partial charge < -0.3 is 15.9 Å². The Morgan fingerprint density at radius 2 is 1.39 bits per heavy atom. The van der Waals surface area contributed by atoms with Crippen LogP contribution in [0.15, 0.2) is 11.2 Å². The summed E-state index contributed by atoms with van der Waals surface area (Å²) in [5, 5.41) is 22.1. The third-order valence-electron chi connectivity index (χ3n) is 5.26. The number of nitroso groups, excluding NO2 is 1. The van der Waals surface area contributed by atoms with Gasteiger partial charge in [0.2, 0.25) is 0 Å². The van der Waals surface area contributed by atoms with Crippen molar-refractivity contribution in [3.05, 3.63) is 22.1 Å². The summed E-state index contributed by atoms with van der Waals surface area (Å²) in [6.45, 7) is 2.24. The highest BCUT2D eigenvalue weighted by molar-refractivity contribution is 5.96. The van der Waals surface area contributed by atoms with Crippen molar-refractivity contribution >= 4 is 17.3 Å². The van der Waals surface area contributed by atoms with Gasteiger partial charge in [-0.25, -0.2) is 4.79 Å². The number of unbranched alkanes of at least 4 members (excludes halogenated alkanes) is 12. The normalized spacial score (nSPS) is 10.9. The molecule has 28 heavy (non-hydrogen) atoms. The number of rotatable bonds is 16. The van der Waals surface area contributed by atoms with Crippen molar-refractivity contribution in [2.45, 2.75) is 96.8 Å². The number of benzene rings is 1. The van der Waals surface area contributed by atoms with Crippen LogP contribution in [-0.4, -0.2) is 16.2 Å². The van der Waals surface area contributed by atoms with Crippen molar-refractivity contribution < 1.29 is 15.0 Å². The number of nitrogen functional groups attached to an aromatic ring is 1. The molecule has 158 valence electrons. The lowest BCUT2D eigenvalue weighted by atomic mass is 9.97. The molecular weight excluding hydrogens is 356 g/mol. The molecule has 0 spiro atoms. The first-order chi connectivity index (χ1) is 13.5. The molecule has 0 heterocycles. The maximum Gasteiger partial charge on any atom is 0.339 e. The summed E-state index contributed by atoms with van der Waals surface area (Å²) in [7, 11) is 0. The van der Waals surface area contributed by atoms with E-state index in [0.29, 0.717) is 6.42 Å². The zero-order chi connectivity index (χ0) is 20.8. The minimum absolute atomic E-state index is 0.00615. The van der Waals surface area contributed by atoms with Crippen LogP contribution in [0.5, 0.6) is 5.75 Å². The van der Waals surface area contributed by atoms with Crippen molar-refractivity contribution in [2.75, 3.05) is 5.73 Å². The van der Waals surface area contributed by atoms with Crippen molar-refractivity contribution in [3.63, 3.8) is 0 Å². The van der Waals surface area contributed by atoms with Gasteiger partial charge in [0.15, 0.2) is 5.75 Å². The lowest BCUT2D eigenvalue weighted by Crippen LogP contribution is -2.06. The number of nitrogens with zero attached hydrogens (tertiary/aromatic N) is 1. The summed E-state index contributed by atoms with van der Waals surface area (Å²) in [5.74, 6) is -1.77. The molecular formula is C22H36N2O4. The van der Waals surface area contributed by atoms with Gasteiger partial charge in [-0.1, -0.05) is 84.0 Å². The van der Waals surface area contributed by atoms with Crippen LogP contribution >= 0.6 is 0 Å². The van der Waals surface area contributed by atoms with E-state index < -0.39 is 11.7 Å². The molecule has 6 heteroatoms. The Hall–Kier alpha value is -2.11. The minimum atomic E-state index is -1.29. The summed E-state index contributed by atoms with van der Waals surface area (Å²) in [6, 6.07) is 1.24. The fraction of sp³-hybridized carbons (Fsp3) is 0.682. The highest BCUT2D eigenvalue weighted by Gasteiger charge is 2.22. The van der Waals surface area contributed by atoms with Gasteiger partial charge in [-0.2, -0.15) is 0 Å². The molecule has 0 fully saturated rings. The number of carbonyl (C=O) groups is 1. The van der Waals surface area contributed by atoms with Crippen LogP contribution in [0.4, 0.5) is 11.4 Å². The average molecular weight is 393 g/mol. The summed E-state index contributed by atoms with van der Waals surface area (Å²) >= 11 is 0. The summed E-state index contributed by atoms with van der Waals surface area (Å²) < 4.78 is 0. The van der Waals surface area contributed by atoms with Crippen molar-refractivity contribution in [3.8, 4) is 5.75 Å². The maximum atomic E-state index is 11.4. The van der Waals surface area contributed by atoms with E-state index in [0.717, 1.165) is 19.3 Å². The van der Waals surface area contributed by atoms with Crippen LogP contribution in [-0.2, 0) is 6.42 Å². The van der Waals surface area contributed by atoms with E-state index >= 15 is 0 Å². The van der Waals surface area contributed by atoms with Crippen molar-refractivity contribution in [1.82, 2.24) is 0 Å². The monoisotopic (exact) mass is 392 g/mol. The Bertz CT molecular complexity index is 617. The Balaban J connectivity index is 2.26. The van der Waals surface area contributed by atoms with Gasteiger partial charge in [-0.05, 0) is 29.6 Å².